The van der Waals surface area contributed by atoms with E-state index in [-0.39, 0.29) is 36.4 Å². The minimum atomic E-state index is -1.41. The topological polar surface area (TPSA) is 90.2 Å². The molecule has 2 rings (SSSR count). The van der Waals surface area contributed by atoms with Gasteiger partial charge in [0.1, 0.15) is 12.8 Å². The average molecular weight is 539 g/mol. The van der Waals surface area contributed by atoms with Gasteiger partial charge in [-0.15, -0.1) is 0 Å². The third-order valence-electron chi connectivity index (χ3n) is 6.61. The molecule has 0 amide bonds. The predicted octanol–water partition coefficient (Wildman–Crippen LogP) is 5.80. The lowest BCUT2D eigenvalue weighted by molar-refractivity contribution is -0.0202. The average Bonchev–Trinajstić information content (AvgIpc) is 3.24. The number of aryl methyl sites for hydroxylation is 1. The molecule has 10 heteroatoms. The fourth-order valence-corrected chi connectivity index (χ4v) is 6.51. The number of rotatable bonds is 17. The summed E-state index contributed by atoms with van der Waals surface area (Å²) in [5.74, 6) is 0. The van der Waals surface area contributed by atoms with Gasteiger partial charge < -0.3 is 18.6 Å². The predicted molar refractivity (Wildman–Crippen MR) is 149 cm³/mol. The molecular weight excluding hydrogens is 491 g/mol. The number of hydrogen-bond donors (Lipinski definition) is 1. The van der Waals surface area contributed by atoms with E-state index in [4.69, 9.17) is 20.4 Å². The largest absolute Gasteiger partial charge is 0.352 e. The molecule has 1 fully saturated rings. The van der Waals surface area contributed by atoms with Gasteiger partial charge >= 0.3 is 5.69 Å². The van der Waals surface area contributed by atoms with E-state index in [9.17, 15) is 9.59 Å². The maximum absolute atomic E-state index is 12.7. The van der Waals surface area contributed by atoms with E-state index in [2.05, 4.69) is 49.1 Å². The normalized spacial score (nSPS) is 20.7. The third-order valence-corrected chi connectivity index (χ3v) is 8.77. The van der Waals surface area contributed by atoms with E-state index in [0.29, 0.717) is 25.0 Å². The van der Waals surface area contributed by atoms with E-state index in [1.807, 2.05) is 6.92 Å². The van der Waals surface area contributed by atoms with Crippen LogP contribution in [-0.2, 0) is 20.2 Å². The number of ether oxygens (including phenoxy) is 1. The van der Waals surface area contributed by atoms with Crippen molar-refractivity contribution in [3.8, 4) is 0 Å². The van der Waals surface area contributed by atoms with E-state index in [0.717, 1.165) is 19.3 Å². The molecule has 1 aliphatic rings. The zero-order valence-corrected chi connectivity index (χ0v) is 24.5. The Labute approximate surface area is 223 Å². The molecule has 1 aromatic heterocycles. The molecule has 4 atom stereocenters. The highest BCUT2D eigenvalue weighted by atomic mass is 31.2. The quantitative estimate of drug-likeness (QED) is 0.153. The molecule has 0 radical (unpaired) electrons. The third kappa shape index (κ3) is 9.60. The number of nitrogens with one attached hydrogen (secondary N) is 1. The van der Waals surface area contributed by atoms with Crippen molar-refractivity contribution in [1.82, 2.24) is 14.2 Å². The molecule has 37 heavy (non-hydrogen) atoms. The van der Waals surface area contributed by atoms with Crippen molar-refractivity contribution in [2.24, 2.45) is 0 Å². The van der Waals surface area contributed by atoms with Gasteiger partial charge in [0.2, 0.25) is 6.54 Å². The number of H-pyrrole nitrogens is 1. The Morgan fingerprint density at radius 1 is 1.16 bits per heavy atom. The van der Waals surface area contributed by atoms with Crippen LogP contribution in [0.3, 0.4) is 0 Å². The maximum atomic E-state index is 12.7. The standard InChI is InChI=1S/C27H47N4O5P/c1-8-10-11-12-13-14-15-22-19-30(27(33)29-26(22)32)25-18-24(23(9-2)35-25)36-37(34-17-16-28-7)31(20(3)4)21(5)6/h19-21,23-25H,8-18H2,1-6H3,(H,29,32,33)/t23-,24?,25-,37?/m1/s1. The lowest BCUT2D eigenvalue weighted by Gasteiger charge is -2.37. The molecule has 0 aliphatic carbocycles. The Morgan fingerprint density at radius 2 is 1.84 bits per heavy atom. The summed E-state index contributed by atoms with van der Waals surface area (Å²) in [7, 11) is -1.41. The summed E-state index contributed by atoms with van der Waals surface area (Å²) >= 11 is 0. The highest BCUT2D eigenvalue weighted by Crippen LogP contribution is 2.50. The second-order valence-corrected chi connectivity index (χ2v) is 11.7. The molecular formula is C27H47N4O5P. The molecule has 2 heterocycles. The van der Waals surface area contributed by atoms with Gasteiger partial charge in [0.15, 0.2) is 0 Å². The van der Waals surface area contributed by atoms with Crippen molar-refractivity contribution in [3.63, 3.8) is 0 Å². The molecule has 1 saturated heterocycles. The number of aromatic nitrogens is 2. The SMILES string of the molecule is [C-]#[N+]CCOP(OC1C[C@H](n2cc(CCCCCCCC)c(=O)[nH]c2=O)O[C@@H]1CC)N(C(C)C)C(C)C. The lowest BCUT2D eigenvalue weighted by atomic mass is 10.1. The van der Waals surface area contributed by atoms with Gasteiger partial charge in [-0.25, -0.2) is 16.0 Å². The first-order valence-corrected chi connectivity index (χ1v) is 15.1. The van der Waals surface area contributed by atoms with Crippen LogP contribution in [0.5, 0.6) is 0 Å². The van der Waals surface area contributed by atoms with Crippen molar-refractivity contribution in [2.45, 2.75) is 130 Å². The first-order valence-electron chi connectivity index (χ1n) is 13.9. The number of nitrogens with zero attached hydrogens (tertiary/aromatic N) is 3. The Morgan fingerprint density at radius 3 is 2.46 bits per heavy atom. The zero-order valence-electron chi connectivity index (χ0n) is 23.6. The van der Waals surface area contributed by atoms with Crippen LogP contribution < -0.4 is 11.2 Å². The van der Waals surface area contributed by atoms with Crippen molar-refractivity contribution in [2.75, 3.05) is 13.2 Å². The second kappa shape index (κ2) is 16.4. The number of unbranched alkanes of at least 4 members (excludes halogenated alkanes) is 5. The van der Waals surface area contributed by atoms with E-state index in [1.165, 1.54) is 30.3 Å². The van der Waals surface area contributed by atoms with Gasteiger partial charge in [-0.1, -0.05) is 46.0 Å². The Balaban J connectivity index is 2.16. The van der Waals surface area contributed by atoms with Crippen LogP contribution in [0.2, 0.25) is 0 Å². The highest BCUT2D eigenvalue weighted by Gasteiger charge is 2.40. The molecule has 1 aromatic rings. The van der Waals surface area contributed by atoms with Crippen LogP contribution in [0.1, 0.15) is 105 Å². The van der Waals surface area contributed by atoms with Crippen LogP contribution in [-0.4, -0.2) is 51.7 Å². The highest BCUT2D eigenvalue weighted by molar-refractivity contribution is 7.44. The summed E-state index contributed by atoms with van der Waals surface area (Å²) in [5, 5.41) is 0. The lowest BCUT2D eigenvalue weighted by Crippen LogP contribution is -2.36. The van der Waals surface area contributed by atoms with Crippen LogP contribution in [0.4, 0.5) is 0 Å². The summed E-state index contributed by atoms with van der Waals surface area (Å²) in [5.41, 5.74) is -0.153. The first kappa shape index (κ1) is 31.7. The van der Waals surface area contributed by atoms with Crippen molar-refractivity contribution in [3.05, 3.63) is 44.0 Å². The molecule has 2 unspecified atom stereocenters. The summed E-state index contributed by atoms with van der Waals surface area (Å²) in [6.45, 7) is 20.3. The zero-order chi connectivity index (χ0) is 27.4. The second-order valence-electron chi connectivity index (χ2n) is 10.3. The smallest absolute Gasteiger partial charge is 0.330 e. The molecule has 0 bridgehead atoms. The molecule has 210 valence electrons. The Bertz CT molecular complexity index is 949. The van der Waals surface area contributed by atoms with Crippen molar-refractivity contribution >= 4 is 8.53 Å². The van der Waals surface area contributed by atoms with Gasteiger partial charge in [0.25, 0.3) is 14.1 Å². The van der Waals surface area contributed by atoms with Gasteiger partial charge in [0.05, 0.1) is 12.2 Å². The molecule has 0 spiro atoms. The minimum absolute atomic E-state index is 0.198. The van der Waals surface area contributed by atoms with E-state index >= 15 is 0 Å². The summed E-state index contributed by atoms with van der Waals surface area (Å²) in [6.07, 6.45) is 9.36. The number of hydrogen-bond acceptors (Lipinski definition) is 6. The first-order chi connectivity index (χ1) is 17.7. The summed E-state index contributed by atoms with van der Waals surface area (Å²) < 4.78 is 22.6. The Hall–Kier alpha value is -1.56. The van der Waals surface area contributed by atoms with E-state index < -0.39 is 20.4 Å². The molecule has 1 aliphatic heterocycles. The van der Waals surface area contributed by atoms with Gasteiger partial charge in [-0.3, -0.25) is 14.3 Å². The molecule has 0 aromatic carbocycles. The molecule has 9 nitrogen and oxygen atoms in total. The summed E-state index contributed by atoms with van der Waals surface area (Å²) in [6, 6.07) is 0.396. The van der Waals surface area contributed by atoms with Gasteiger partial charge in [-0.05, 0) is 47.0 Å². The van der Waals surface area contributed by atoms with E-state index in [1.54, 1.807) is 6.20 Å². The monoisotopic (exact) mass is 538 g/mol. The van der Waals surface area contributed by atoms with Gasteiger partial charge in [0, 0.05) is 30.3 Å². The summed E-state index contributed by atoms with van der Waals surface area (Å²) in [4.78, 5) is 31.1. The Kier molecular flexibility index (Phi) is 14.0. The maximum Gasteiger partial charge on any atom is 0.330 e. The fourth-order valence-electron chi connectivity index (χ4n) is 4.76. The van der Waals surface area contributed by atoms with Crippen LogP contribution >= 0.6 is 8.53 Å². The minimum Gasteiger partial charge on any atom is -0.352 e. The van der Waals surface area contributed by atoms with Crippen LogP contribution in [0, 0.1) is 6.57 Å². The van der Waals surface area contributed by atoms with Crippen LogP contribution in [0.25, 0.3) is 4.85 Å². The van der Waals surface area contributed by atoms with Crippen molar-refractivity contribution < 1.29 is 13.8 Å². The fraction of sp³-hybridized carbons (Fsp3) is 0.815. The molecule has 0 saturated carbocycles. The van der Waals surface area contributed by atoms with Crippen molar-refractivity contribution in [1.29, 1.82) is 0 Å². The van der Waals surface area contributed by atoms with Gasteiger partial charge in [-0.2, -0.15) is 0 Å². The number of aromatic amines is 1. The van der Waals surface area contributed by atoms with Crippen LogP contribution in [0.15, 0.2) is 15.8 Å². The molecule has 1 N–H and O–H groups in total.